The number of hydrogen-bond acceptors (Lipinski definition) is 4. The van der Waals surface area contributed by atoms with Crippen LogP contribution in [-0.4, -0.2) is 73.0 Å². The van der Waals surface area contributed by atoms with Gasteiger partial charge in [-0.3, -0.25) is 4.79 Å². The van der Waals surface area contributed by atoms with Crippen molar-refractivity contribution in [2.45, 2.75) is 49.8 Å². The first-order chi connectivity index (χ1) is 10.2. The number of thioether (sulfide) groups is 1. The summed E-state index contributed by atoms with van der Waals surface area (Å²) in [6.07, 6.45) is 7.40. The number of likely N-dealkylation sites (N-methyl/N-ethyl adjacent to an activating group) is 1. The van der Waals surface area contributed by atoms with Crippen molar-refractivity contribution >= 4 is 17.7 Å². The Labute approximate surface area is 134 Å². The molecule has 1 saturated carbocycles. The smallest absolute Gasteiger partial charge is 0.232 e. The highest BCUT2D eigenvalue weighted by Crippen LogP contribution is 2.25. The Morgan fingerprint density at radius 1 is 1.10 bits per heavy atom. The van der Waals surface area contributed by atoms with Gasteiger partial charge >= 0.3 is 0 Å². The third-order valence-corrected chi connectivity index (χ3v) is 5.96. The normalized spacial score (nSPS) is 21.1. The number of carbonyl (C=O) groups excluding carboxylic acids is 1. The second-order valence-electron chi connectivity index (χ2n) is 6.59. The van der Waals surface area contributed by atoms with Crippen molar-refractivity contribution in [1.82, 2.24) is 15.1 Å². The van der Waals surface area contributed by atoms with E-state index in [1.165, 1.54) is 38.5 Å². The highest BCUT2D eigenvalue weighted by molar-refractivity contribution is 8.00. The standard InChI is InChI=1S/C16H31N3OS/c1-18(2)11-12-19(14-5-3-4-6-14)16(20)13-21-15-7-9-17-10-8-15/h14-15,17H,3-13H2,1-2H3. The number of hydrogen-bond donors (Lipinski definition) is 1. The Morgan fingerprint density at radius 2 is 1.76 bits per heavy atom. The van der Waals surface area contributed by atoms with E-state index in [0.29, 0.717) is 23.0 Å². The Balaban J connectivity index is 1.80. The lowest BCUT2D eigenvalue weighted by Crippen LogP contribution is -2.44. The highest BCUT2D eigenvalue weighted by atomic mass is 32.2. The first-order valence-electron chi connectivity index (χ1n) is 8.43. The summed E-state index contributed by atoms with van der Waals surface area (Å²) in [7, 11) is 4.17. The molecule has 1 N–H and O–H groups in total. The summed E-state index contributed by atoms with van der Waals surface area (Å²) < 4.78 is 0. The van der Waals surface area contributed by atoms with Gasteiger partial charge < -0.3 is 15.1 Å². The van der Waals surface area contributed by atoms with Crippen LogP contribution in [0.1, 0.15) is 38.5 Å². The zero-order valence-corrected chi connectivity index (χ0v) is 14.5. The van der Waals surface area contributed by atoms with Crippen molar-refractivity contribution in [3.8, 4) is 0 Å². The van der Waals surface area contributed by atoms with Gasteiger partial charge in [-0.2, -0.15) is 0 Å². The molecule has 2 aliphatic rings. The van der Waals surface area contributed by atoms with E-state index in [2.05, 4.69) is 29.2 Å². The minimum absolute atomic E-state index is 0.368. The molecule has 5 heteroatoms. The van der Waals surface area contributed by atoms with E-state index in [-0.39, 0.29) is 0 Å². The first kappa shape index (κ1) is 17.1. The van der Waals surface area contributed by atoms with Crippen LogP contribution in [0.25, 0.3) is 0 Å². The molecule has 0 atom stereocenters. The summed E-state index contributed by atoms with van der Waals surface area (Å²) in [6.45, 7) is 4.08. The maximum absolute atomic E-state index is 12.7. The molecule has 0 aromatic carbocycles. The van der Waals surface area contributed by atoms with Crippen LogP contribution in [-0.2, 0) is 4.79 Å². The number of nitrogens with one attached hydrogen (secondary N) is 1. The first-order valence-corrected chi connectivity index (χ1v) is 9.48. The minimum Gasteiger partial charge on any atom is -0.338 e. The van der Waals surface area contributed by atoms with Crippen LogP contribution in [0.2, 0.25) is 0 Å². The summed E-state index contributed by atoms with van der Waals surface area (Å²) in [5, 5.41) is 4.06. The van der Waals surface area contributed by atoms with E-state index in [9.17, 15) is 4.79 Å². The van der Waals surface area contributed by atoms with Crippen LogP contribution < -0.4 is 5.32 Å². The van der Waals surface area contributed by atoms with Gasteiger partial charge in [-0.15, -0.1) is 11.8 Å². The Bertz CT molecular complexity index is 313. The van der Waals surface area contributed by atoms with Crippen molar-refractivity contribution in [2.24, 2.45) is 0 Å². The summed E-state index contributed by atoms with van der Waals surface area (Å²) in [5.74, 6) is 1.04. The van der Waals surface area contributed by atoms with Crippen LogP contribution in [0.4, 0.5) is 0 Å². The van der Waals surface area contributed by atoms with Crippen molar-refractivity contribution in [3.63, 3.8) is 0 Å². The average molecular weight is 314 g/mol. The molecule has 1 amide bonds. The number of amides is 1. The predicted molar refractivity (Wildman–Crippen MR) is 90.9 cm³/mol. The number of nitrogens with zero attached hydrogens (tertiary/aromatic N) is 2. The molecule has 4 nitrogen and oxygen atoms in total. The maximum Gasteiger partial charge on any atom is 0.232 e. The van der Waals surface area contributed by atoms with E-state index in [4.69, 9.17) is 0 Å². The van der Waals surface area contributed by atoms with Gasteiger partial charge in [0.15, 0.2) is 0 Å². The lowest BCUT2D eigenvalue weighted by Gasteiger charge is -2.31. The number of piperidine rings is 1. The molecule has 1 aliphatic carbocycles. The molecule has 0 aromatic heterocycles. The van der Waals surface area contributed by atoms with Crippen molar-refractivity contribution in [3.05, 3.63) is 0 Å². The minimum atomic E-state index is 0.368. The zero-order chi connectivity index (χ0) is 15.1. The van der Waals surface area contributed by atoms with Crippen LogP contribution in [0.15, 0.2) is 0 Å². The fourth-order valence-electron chi connectivity index (χ4n) is 3.27. The van der Waals surface area contributed by atoms with Gasteiger partial charge in [-0.05, 0) is 52.9 Å². The third-order valence-electron chi connectivity index (χ3n) is 4.60. The summed E-state index contributed by atoms with van der Waals surface area (Å²) in [6, 6.07) is 0.506. The molecular formula is C16H31N3OS. The molecule has 2 rings (SSSR count). The third kappa shape index (κ3) is 5.80. The van der Waals surface area contributed by atoms with Gasteiger partial charge in [0.1, 0.15) is 0 Å². The molecule has 122 valence electrons. The molecule has 2 fully saturated rings. The van der Waals surface area contributed by atoms with E-state index < -0.39 is 0 Å². The van der Waals surface area contributed by atoms with Crippen LogP contribution in [0.3, 0.4) is 0 Å². The zero-order valence-electron chi connectivity index (χ0n) is 13.6. The van der Waals surface area contributed by atoms with Crippen molar-refractivity contribution in [2.75, 3.05) is 46.0 Å². The molecule has 1 heterocycles. The molecule has 0 radical (unpaired) electrons. The van der Waals surface area contributed by atoms with Crippen LogP contribution in [0.5, 0.6) is 0 Å². The van der Waals surface area contributed by atoms with Gasteiger partial charge in [0.25, 0.3) is 0 Å². The summed E-state index contributed by atoms with van der Waals surface area (Å²) in [5.41, 5.74) is 0. The van der Waals surface area contributed by atoms with Gasteiger partial charge in [0.2, 0.25) is 5.91 Å². The molecule has 1 saturated heterocycles. The molecule has 21 heavy (non-hydrogen) atoms. The molecule has 0 spiro atoms. The van der Waals surface area contributed by atoms with Crippen LogP contribution >= 0.6 is 11.8 Å². The summed E-state index contributed by atoms with van der Waals surface area (Å²) in [4.78, 5) is 17.0. The van der Waals surface area contributed by atoms with Gasteiger partial charge in [-0.25, -0.2) is 0 Å². The van der Waals surface area contributed by atoms with Gasteiger partial charge in [-0.1, -0.05) is 12.8 Å². The highest BCUT2D eigenvalue weighted by Gasteiger charge is 2.27. The van der Waals surface area contributed by atoms with Crippen molar-refractivity contribution in [1.29, 1.82) is 0 Å². The molecular weight excluding hydrogens is 282 g/mol. The lowest BCUT2D eigenvalue weighted by molar-refractivity contribution is -0.130. The molecule has 0 bridgehead atoms. The number of carbonyl (C=O) groups is 1. The maximum atomic E-state index is 12.7. The largest absolute Gasteiger partial charge is 0.338 e. The molecule has 1 aliphatic heterocycles. The van der Waals surface area contributed by atoms with Crippen LogP contribution in [0, 0.1) is 0 Å². The fraction of sp³-hybridized carbons (Fsp3) is 0.938. The second kappa shape index (κ2) is 9.01. The monoisotopic (exact) mass is 313 g/mol. The van der Waals surface area contributed by atoms with E-state index >= 15 is 0 Å². The quantitative estimate of drug-likeness (QED) is 0.777. The van der Waals surface area contributed by atoms with Gasteiger partial charge in [0, 0.05) is 24.4 Å². The van der Waals surface area contributed by atoms with Crippen molar-refractivity contribution < 1.29 is 4.79 Å². The van der Waals surface area contributed by atoms with E-state index in [1.807, 2.05) is 11.8 Å². The predicted octanol–water partition coefficient (Wildman–Crippen LogP) is 1.80. The number of rotatable bonds is 7. The summed E-state index contributed by atoms with van der Waals surface area (Å²) >= 11 is 1.88. The van der Waals surface area contributed by atoms with E-state index in [1.54, 1.807) is 0 Å². The topological polar surface area (TPSA) is 35.6 Å². The Morgan fingerprint density at radius 3 is 2.38 bits per heavy atom. The molecule has 0 aromatic rings. The second-order valence-corrected chi connectivity index (χ2v) is 7.88. The lowest BCUT2D eigenvalue weighted by atomic mass is 10.2. The van der Waals surface area contributed by atoms with Gasteiger partial charge in [0.05, 0.1) is 5.75 Å². The molecule has 0 unspecified atom stereocenters. The SMILES string of the molecule is CN(C)CCN(C(=O)CSC1CCNCC1)C1CCCC1. The van der Waals surface area contributed by atoms with E-state index in [0.717, 1.165) is 26.2 Å². The Hall–Kier alpha value is -0.260. The fourth-order valence-corrected chi connectivity index (χ4v) is 4.38. The Kier molecular flexibility index (Phi) is 7.34. The average Bonchev–Trinajstić information content (AvgIpc) is 3.00.